The summed E-state index contributed by atoms with van der Waals surface area (Å²) in [7, 11) is 0. The second kappa shape index (κ2) is 4.35. The lowest BCUT2D eigenvalue weighted by Gasteiger charge is -2.09. The van der Waals surface area contributed by atoms with Gasteiger partial charge in [0.05, 0.1) is 5.69 Å². The van der Waals surface area contributed by atoms with Crippen molar-refractivity contribution < 1.29 is 4.39 Å². The molecule has 1 aromatic heterocycles. The van der Waals surface area contributed by atoms with Gasteiger partial charge in [0, 0.05) is 18.9 Å². The molecule has 2 aromatic rings. The number of hydrogen-bond donors (Lipinski definition) is 1. The van der Waals surface area contributed by atoms with E-state index < -0.39 is 0 Å². The summed E-state index contributed by atoms with van der Waals surface area (Å²) in [6.07, 6.45) is 3.50. The standard InChI is InChI=1S/C12H14FN3/c1-3-14-12-15-4-5-16(12)11-7-9(2)6-10(13)8-11/h4-8H,3H2,1-2H3,(H,14,15). The third-order valence-corrected chi connectivity index (χ3v) is 2.28. The summed E-state index contributed by atoms with van der Waals surface area (Å²) in [5.41, 5.74) is 1.68. The van der Waals surface area contributed by atoms with Crippen LogP contribution in [0.5, 0.6) is 0 Å². The Morgan fingerprint density at radius 3 is 2.88 bits per heavy atom. The number of aromatic nitrogens is 2. The van der Waals surface area contributed by atoms with Gasteiger partial charge in [-0.1, -0.05) is 0 Å². The molecule has 1 N–H and O–H groups in total. The molecule has 84 valence electrons. The molecular formula is C12H14FN3. The summed E-state index contributed by atoms with van der Waals surface area (Å²) in [4.78, 5) is 4.17. The van der Waals surface area contributed by atoms with Crippen molar-refractivity contribution >= 4 is 5.95 Å². The Balaban J connectivity index is 2.45. The Kier molecular flexibility index (Phi) is 2.90. The Morgan fingerprint density at radius 2 is 2.19 bits per heavy atom. The van der Waals surface area contributed by atoms with Crippen LogP contribution in [-0.2, 0) is 0 Å². The fourth-order valence-electron chi connectivity index (χ4n) is 1.66. The summed E-state index contributed by atoms with van der Waals surface area (Å²) < 4.78 is 15.1. The van der Waals surface area contributed by atoms with Crippen molar-refractivity contribution in [1.29, 1.82) is 0 Å². The molecule has 16 heavy (non-hydrogen) atoms. The molecular weight excluding hydrogens is 205 g/mol. The highest BCUT2D eigenvalue weighted by Gasteiger charge is 2.05. The Hall–Kier alpha value is -1.84. The minimum atomic E-state index is -0.230. The highest BCUT2D eigenvalue weighted by Crippen LogP contribution is 2.17. The number of anilines is 1. The van der Waals surface area contributed by atoms with Crippen LogP contribution >= 0.6 is 0 Å². The smallest absolute Gasteiger partial charge is 0.207 e. The van der Waals surface area contributed by atoms with Crippen LogP contribution in [-0.4, -0.2) is 16.1 Å². The van der Waals surface area contributed by atoms with Crippen molar-refractivity contribution in [3.8, 4) is 5.69 Å². The number of hydrogen-bond acceptors (Lipinski definition) is 2. The first kappa shape index (κ1) is 10.7. The monoisotopic (exact) mass is 219 g/mol. The van der Waals surface area contributed by atoms with Crippen LogP contribution in [0, 0.1) is 12.7 Å². The van der Waals surface area contributed by atoms with Crippen LogP contribution < -0.4 is 5.32 Å². The molecule has 0 unspecified atom stereocenters. The van der Waals surface area contributed by atoms with Gasteiger partial charge in [0.1, 0.15) is 5.82 Å². The van der Waals surface area contributed by atoms with Gasteiger partial charge in [-0.3, -0.25) is 4.57 Å². The second-order valence-corrected chi connectivity index (χ2v) is 3.64. The highest BCUT2D eigenvalue weighted by molar-refractivity contribution is 5.43. The lowest BCUT2D eigenvalue weighted by molar-refractivity contribution is 0.625. The first-order chi connectivity index (χ1) is 7.70. The van der Waals surface area contributed by atoms with E-state index in [0.29, 0.717) is 0 Å². The van der Waals surface area contributed by atoms with Crippen LogP contribution in [0.15, 0.2) is 30.6 Å². The van der Waals surface area contributed by atoms with E-state index in [-0.39, 0.29) is 5.82 Å². The van der Waals surface area contributed by atoms with E-state index in [9.17, 15) is 4.39 Å². The third kappa shape index (κ3) is 2.05. The van der Waals surface area contributed by atoms with Crippen LogP contribution in [0.25, 0.3) is 5.69 Å². The number of halogens is 1. The molecule has 0 saturated heterocycles. The topological polar surface area (TPSA) is 29.9 Å². The van der Waals surface area contributed by atoms with Gasteiger partial charge in [-0.2, -0.15) is 0 Å². The van der Waals surface area contributed by atoms with Crippen molar-refractivity contribution in [3.05, 3.63) is 42.0 Å². The molecule has 0 aliphatic carbocycles. The molecule has 2 rings (SSSR count). The fraction of sp³-hybridized carbons (Fsp3) is 0.250. The van der Waals surface area contributed by atoms with Crippen LogP contribution in [0.4, 0.5) is 10.3 Å². The van der Waals surface area contributed by atoms with Crippen molar-refractivity contribution in [2.24, 2.45) is 0 Å². The number of imidazole rings is 1. The minimum Gasteiger partial charge on any atom is -0.356 e. The molecule has 0 radical (unpaired) electrons. The maximum absolute atomic E-state index is 13.3. The van der Waals surface area contributed by atoms with E-state index in [0.717, 1.165) is 23.7 Å². The molecule has 4 heteroatoms. The molecule has 0 bridgehead atoms. The summed E-state index contributed by atoms with van der Waals surface area (Å²) in [5, 5.41) is 3.12. The van der Waals surface area contributed by atoms with Crippen molar-refractivity contribution in [3.63, 3.8) is 0 Å². The number of nitrogens with zero attached hydrogens (tertiary/aromatic N) is 2. The van der Waals surface area contributed by atoms with Gasteiger partial charge in [-0.05, 0) is 37.6 Å². The lowest BCUT2D eigenvalue weighted by atomic mass is 10.2. The Bertz CT molecular complexity index is 471. The molecule has 0 atom stereocenters. The first-order valence-corrected chi connectivity index (χ1v) is 5.25. The van der Waals surface area contributed by atoms with Gasteiger partial charge in [0.15, 0.2) is 0 Å². The number of aryl methyl sites for hydroxylation is 1. The quantitative estimate of drug-likeness (QED) is 0.860. The SMILES string of the molecule is CCNc1nccn1-c1cc(C)cc(F)c1. The van der Waals surface area contributed by atoms with Crippen LogP contribution in [0.2, 0.25) is 0 Å². The van der Waals surface area contributed by atoms with E-state index in [1.807, 2.05) is 30.7 Å². The molecule has 0 spiro atoms. The molecule has 0 aliphatic rings. The number of rotatable bonds is 3. The van der Waals surface area contributed by atoms with E-state index in [1.165, 1.54) is 12.1 Å². The summed E-state index contributed by atoms with van der Waals surface area (Å²) in [6.45, 7) is 4.65. The van der Waals surface area contributed by atoms with E-state index in [4.69, 9.17) is 0 Å². The van der Waals surface area contributed by atoms with E-state index in [2.05, 4.69) is 10.3 Å². The highest BCUT2D eigenvalue weighted by atomic mass is 19.1. The molecule has 0 amide bonds. The van der Waals surface area contributed by atoms with Gasteiger partial charge >= 0.3 is 0 Å². The largest absolute Gasteiger partial charge is 0.356 e. The molecule has 1 heterocycles. The average Bonchev–Trinajstić information content (AvgIpc) is 2.65. The number of nitrogens with one attached hydrogen (secondary N) is 1. The van der Waals surface area contributed by atoms with Crippen molar-refractivity contribution in [2.75, 3.05) is 11.9 Å². The Labute approximate surface area is 93.9 Å². The van der Waals surface area contributed by atoms with Gasteiger partial charge in [-0.25, -0.2) is 9.37 Å². The molecule has 0 fully saturated rings. The first-order valence-electron chi connectivity index (χ1n) is 5.25. The maximum atomic E-state index is 13.3. The molecule has 0 aliphatic heterocycles. The second-order valence-electron chi connectivity index (χ2n) is 3.64. The van der Waals surface area contributed by atoms with Crippen molar-refractivity contribution in [2.45, 2.75) is 13.8 Å². The van der Waals surface area contributed by atoms with Crippen LogP contribution in [0.3, 0.4) is 0 Å². The number of benzene rings is 1. The van der Waals surface area contributed by atoms with Crippen LogP contribution in [0.1, 0.15) is 12.5 Å². The zero-order valence-electron chi connectivity index (χ0n) is 9.37. The van der Waals surface area contributed by atoms with E-state index in [1.54, 1.807) is 6.20 Å². The van der Waals surface area contributed by atoms with Gasteiger partial charge in [-0.15, -0.1) is 0 Å². The third-order valence-electron chi connectivity index (χ3n) is 2.28. The minimum absolute atomic E-state index is 0.230. The predicted octanol–water partition coefficient (Wildman–Crippen LogP) is 2.75. The van der Waals surface area contributed by atoms with Gasteiger partial charge in [0.25, 0.3) is 0 Å². The molecule has 1 aromatic carbocycles. The lowest BCUT2D eigenvalue weighted by Crippen LogP contribution is -2.05. The zero-order valence-corrected chi connectivity index (χ0v) is 9.37. The van der Waals surface area contributed by atoms with Gasteiger partial charge < -0.3 is 5.32 Å². The predicted molar refractivity (Wildman–Crippen MR) is 62.4 cm³/mol. The van der Waals surface area contributed by atoms with Crippen molar-refractivity contribution in [1.82, 2.24) is 9.55 Å². The maximum Gasteiger partial charge on any atom is 0.207 e. The normalized spacial score (nSPS) is 10.4. The Morgan fingerprint density at radius 1 is 1.38 bits per heavy atom. The molecule has 0 saturated carbocycles. The zero-order chi connectivity index (χ0) is 11.5. The van der Waals surface area contributed by atoms with Gasteiger partial charge in [0.2, 0.25) is 5.95 Å². The molecule has 3 nitrogen and oxygen atoms in total. The summed E-state index contributed by atoms with van der Waals surface area (Å²) in [5.74, 6) is 0.499. The average molecular weight is 219 g/mol. The van der Waals surface area contributed by atoms with E-state index >= 15 is 0 Å². The summed E-state index contributed by atoms with van der Waals surface area (Å²) in [6, 6.07) is 4.93. The fourth-order valence-corrected chi connectivity index (χ4v) is 1.66. The summed E-state index contributed by atoms with van der Waals surface area (Å²) >= 11 is 0.